The Bertz CT molecular complexity index is 871. The predicted octanol–water partition coefficient (Wildman–Crippen LogP) is 3.91. The average molecular weight is 340 g/mol. The van der Waals surface area contributed by atoms with Crippen LogP contribution in [0, 0.1) is 5.82 Å². The maximum atomic E-state index is 13.3. The van der Waals surface area contributed by atoms with Crippen LogP contribution in [0.25, 0.3) is 10.9 Å². The molecule has 5 heteroatoms. The van der Waals surface area contributed by atoms with Gasteiger partial charge in [-0.2, -0.15) is 0 Å². The van der Waals surface area contributed by atoms with E-state index in [1.54, 1.807) is 12.1 Å². The van der Waals surface area contributed by atoms with Gasteiger partial charge in [0.25, 0.3) is 0 Å². The van der Waals surface area contributed by atoms with Crippen LogP contribution < -0.4 is 5.48 Å². The second-order valence-electron chi connectivity index (χ2n) is 5.98. The van der Waals surface area contributed by atoms with Crippen molar-refractivity contribution in [1.29, 1.82) is 0 Å². The highest BCUT2D eigenvalue weighted by atomic mass is 19.1. The summed E-state index contributed by atoms with van der Waals surface area (Å²) in [5, 5.41) is 1.09. The number of aromatic nitrogens is 1. The summed E-state index contributed by atoms with van der Waals surface area (Å²) < 4.78 is 15.4. The van der Waals surface area contributed by atoms with Crippen molar-refractivity contribution in [3.8, 4) is 0 Å². The zero-order chi connectivity index (χ0) is 17.8. The van der Waals surface area contributed by atoms with E-state index in [1.807, 2.05) is 49.0 Å². The number of halogens is 1. The van der Waals surface area contributed by atoms with Crippen molar-refractivity contribution in [1.82, 2.24) is 10.0 Å². The Morgan fingerprint density at radius 3 is 2.64 bits per heavy atom. The number of nitrogens with zero attached hydrogens (tertiary/aromatic N) is 1. The van der Waals surface area contributed by atoms with Crippen LogP contribution in [0.3, 0.4) is 0 Å². The first-order valence-electron chi connectivity index (χ1n) is 8.30. The summed E-state index contributed by atoms with van der Waals surface area (Å²) in [5.41, 5.74) is 5.47. The lowest BCUT2D eigenvalue weighted by atomic mass is 9.88. The summed E-state index contributed by atoms with van der Waals surface area (Å²) in [7, 11) is 1.98. The molecule has 2 aromatic carbocycles. The number of hydroxylamine groups is 1. The number of hydrogen-bond donors (Lipinski definition) is 1. The third-order valence-corrected chi connectivity index (χ3v) is 4.30. The maximum absolute atomic E-state index is 13.3. The summed E-state index contributed by atoms with van der Waals surface area (Å²) in [6, 6.07) is 14.4. The quantitative estimate of drug-likeness (QED) is 0.692. The lowest BCUT2D eigenvalue weighted by molar-refractivity contribution is -0.133. The van der Waals surface area contributed by atoms with Crippen molar-refractivity contribution in [2.75, 3.05) is 6.61 Å². The average Bonchev–Trinajstić information content (AvgIpc) is 2.96. The zero-order valence-corrected chi connectivity index (χ0v) is 14.3. The first kappa shape index (κ1) is 17.2. The van der Waals surface area contributed by atoms with Gasteiger partial charge in [-0.15, -0.1) is 0 Å². The molecule has 0 aliphatic heterocycles. The largest absolute Gasteiger partial charge is 0.350 e. The van der Waals surface area contributed by atoms with E-state index in [0.717, 1.165) is 22.0 Å². The number of nitrogens with one attached hydrogen (secondary N) is 1. The van der Waals surface area contributed by atoms with E-state index in [4.69, 9.17) is 4.84 Å². The Hall–Kier alpha value is -2.66. The van der Waals surface area contributed by atoms with Crippen LogP contribution in [0.2, 0.25) is 0 Å². The van der Waals surface area contributed by atoms with E-state index >= 15 is 0 Å². The first-order valence-corrected chi connectivity index (χ1v) is 8.30. The molecule has 0 saturated heterocycles. The number of para-hydroxylation sites is 1. The van der Waals surface area contributed by atoms with Gasteiger partial charge >= 0.3 is 0 Å². The number of hydrogen-bond acceptors (Lipinski definition) is 2. The number of fused-ring (bicyclic) bond motifs is 1. The van der Waals surface area contributed by atoms with E-state index < -0.39 is 0 Å². The summed E-state index contributed by atoms with van der Waals surface area (Å²) in [6.45, 7) is 2.21. The van der Waals surface area contributed by atoms with Crippen LogP contribution in [0.1, 0.15) is 30.4 Å². The third-order valence-electron chi connectivity index (χ3n) is 4.30. The van der Waals surface area contributed by atoms with Crippen LogP contribution in [-0.4, -0.2) is 17.1 Å². The van der Waals surface area contributed by atoms with Crippen molar-refractivity contribution in [2.24, 2.45) is 7.05 Å². The van der Waals surface area contributed by atoms with Gasteiger partial charge in [-0.25, -0.2) is 9.87 Å². The second-order valence-corrected chi connectivity index (χ2v) is 5.98. The molecule has 1 amide bonds. The van der Waals surface area contributed by atoms with E-state index in [1.165, 1.54) is 12.1 Å². The smallest absolute Gasteiger partial charge is 0.244 e. The molecule has 0 fully saturated rings. The highest BCUT2D eigenvalue weighted by molar-refractivity contribution is 5.86. The van der Waals surface area contributed by atoms with Crippen LogP contribution >= 0.6 is 0 Å². The zero-order valence-electron chi connectivity index (χ0n) is 14.3. The summed E-state index contributed by atoms with van der Waals surface area (Å²) in [4.78, 5) is 17.3. The van der Waals surface area contributed by atoms with Gasteiger partial charge in [0.1, 0.15) is 5.82 Å². The molecular weight excluding hydrogens is 319 g/mol. The standard InChI is InChI=1S/C20H21FN2O2/c1-3-25-22-20(24)12-17(14-8-10-15(21)11-9-14)18-13-23(2)19-7-5-4-6-16(18)19/h4-11,13,17H,3,12H2,1-2H3,(H,22,24). The van der Waals surface area contributed by atoms with Gasteiger partial charge in [0.05, 0.1) is 6.61 Å². The van der Waals surface area contributed by atoms with Gasteiger partial charge in [-0.05, 0) is 36.2 Å². The molecule has 0 bridgehead atoms. The van der Waals surface area contributed by atoms with Crippen LogP contribution in [0.5, 0.6) is 0 Å². The third kappa shape index (κ3) is 3.72. The molecule has 3 rings (SSSR count). The van der Waals surface area contributed by atoms with Crippen LogP contribution in [-0.2, 0) is 16.7 Å². The fourth-order valence-corrected chi connectivity index (χ4v) is 3.13. The predicted molar refractivity (Wildman–Crippen MR) is 95.5 cm³/mol. The minimum absolute atomic E-state index is 0.188. The fraction of sp³-hybridized carbons (Fsp3) is 0.250. The van der Waals surface area contributed by atoms with Crippen LogP contribution in [0.15, 0.2) is 54.7 Å². The second kappa shape index (κ2) is 7.49. The molecule has 1 heterocycles. The van der Waals surface area contributed by atoms with E-state index in [0.29, 0.717) is 6.61 Å². The van der Waals surface area contributed by atoms with Gasteiger partial charge in [0, 0.05) is 36.5 Å². The van der Waals surface area contributed by atoms with Crippen molar-refractivity contribution in [2.45, 2.75) is 19.3 Å². The van der Waals surface area contributed by atoms with Crippen molar-refractivity contribution >= 4 is 16.8 Å². The molecule has 1 atom stereocenters. The van der Waals surface area contributed by atoms with Crippen molar-refractivity contribution in [3.05, 3.63) is 71.7 Å². The topological polar surface area (TPSA) is 43.3 Å². The maximum Gasteiger partial charge on any atom is 0.244 e. The van der Waals surface area contributed by atoms with Crippen molar-refractivity contribution < 1.29 is 14.0 Å². The minimum Gasteiger partial charge on any atom is -0.350 e. The Morgan fingerprint density at radius 1 is 1.20 bits per heavy atom. The summed E-state index contributed by atoms with van der Waals surface area (Å²) in [6.07, 6.45) is 2.26. The molecular formula is C20H21FN2O2. The monoisotopic (exact) mass is 340 g/mol. The number of carbonyl (C=O) groups is 1. The summed E-state index contributed by atoms with van der Waals surface area (Å²) >= 11 is 0. The SMILES string of the molecule is CCONC(=O)CC(c1ccc(F)cc1)c1cn(C)c2ccccc12. The molecule has 0 radical (unpaired) electrons. The van der Waals surface area contributed by atoms with Crippen molar-refractivity contribution in [3.63, 3.8) is 0 Å². The van der Waals surface area contributed by atoms with E-state index in [9.17, 15) is 9.18 Å². The number of aryl methyl sites for hydroxylation is 1. The first-order chi connectivity index (χ1) is 12.1. The van der Waals surface area contributed by atoms with Gasteiger partial charge < -0.3 is 4.57 Å². The van der Waals surface area contributed by atoms with Gasteiger partial charge in [-0.1, -0.05) is 30.3 Å². The number of amides is 1. The molecule has 25 heavy (non-hydrogen) atoms. The highest BCUT2D eigenvalue weighted by Crippen LogP contribution is 2.34. The van der Waals surface area contributed by atoms with Gasteiger partial charge in [0.15, 0.2) is 0 Å². The lowest BCUT2D eigenvalue weighted by Gasteiger charge is -2.17. The Labute approximate surface area is 146 Å². The Balaban J connectivity index is 2.03. The Kier molecular flexibility index (Phi) is 5.14. The van der Waals surface area contributed by atoms with E-state index in [2.05, 4.69) is 5.48 Å². The fourth-order valence-electron chi connectivity index (χ4n) is 3.13. The minimum atomic E-state index is -0.292. The molecule has 4 nitrogen and oxygen atoms in total. The molecule has 0 aliphatic rings. The molecule has 1 aromatic heterocycles. The molecule has 0 saturated carbocycles. The molecule has 3 aromatic rings. The van der Waals surface area contributed by atoms with E-state index in [-0.39, 0.29) is 24.1 Å². The molecule has 1 N–H and O–H groups in total. The summed E-state index contributed by atoms with van der Waals surface area (Å²) in [5.74, 6) is -0.685. The number of benzene rings is 2. The number of rotatable bonds is 6. The highest BCUT2D eigenvalue weighted by Gasteiger charge is 2.22. The Morgan fingerprint density at radius 2 is 1.92 bits per heavy atom. The molecule has 0 aliphatic carbocycles. The lowest BCUT2D eigenvalue weighted by Crippen LogP contribution is -2.25. The molecule has 0 spiro atoms. The number of carbonyl (C=O) groups excluding carboxylic acids is 1. The van der Waals surface area contributed by atoms with Gasteiger partial charge in [0.2, 0.25) is 5.91 Å². The molecule has 130 valence electrons. The normalized spacial score (nSPS) is 12.3. The van der Waals surface area contributed by atoms with Gasteiger partial charge in [-0.3, -0.25) is 9.63 Å². The molecule has 1 unspecified atom stereocenters. The van der Waals surface area contributed by atoms with Crippen LogP contribution in [0.4, 0.5) is 4.39 Å².